The van der Waals surface area contributed by atoms with Gasteiger partial charge in [-0.2, -0.15) is 0 Å². The van der Waals surface area contributed by atoms with Crippen LogP contribution in [0.3, 0.4) is 0 Å². The summed E-state index contributed by atoms with van der Waals surface area (Å²) in [4.78, 5) is 13.7. The quantitative estimate of drug-likeness (QED) is 0.801. The van der Waals surface area contributed by atoms with E-state index in [1.165, 1.54) is 7.11 Å². The minimum absolute atomic E-state index is 0.135. The number of carbonyl (C=O) groups excluding carboxylic acids is 1. The van der Waals surface area contributed by atoms with Crippen molar-refractivity contribution in [3.63, 3.8) is 0 Å². The molecule has 0 radical (unpaired) electrons. The van der Waals surface area contributed by atoms with Crippen LogP contribution in [0, 0.1) is 0 Å². The number of nitrogens with zero attached hydrogens (tertiary/aromatic N) is 1. The lowest BCUT2D eigenvalue weighted by molar-refractivity contribution is -0.141. The molecule has 1 aliphatic rings. The Morgan fingerprint density at radius 1 is 1.47 bits per heavy atom. The SMILES string of the molecule is COC(=O)[C@@H]1CCCN1c1ccc(CN)cc1. The van der Waals surface area contributed by atoms with E-state index in [0.29, 0.717) is 6.54 Å². The third kappa shape index (κ3) is 2.42. The highest BCUT2D eigenvalue weighted by atomic mass is 16.5. The molecule has 0 aromatic heterocycles. The average molecular weight is 234 g/mol. The maximum absolute atomic E-state index is 11.6. The molecule has 2 rings (SSSR count). The molecule has 4 heteroatoms. The van der Waals surface area contributed by atoms with Crippen LogP contribution < -0.4 is 10.6 Å². The van der Waals surface area contributed by atoms with Crippen LogP contribution in [0.2, 0.25) is 0 Å². The summed E-state index contributed by atoms with van der Waals surface area (Å²) in [7, 11) is 1.44. The molecule has 1 fully saturated rings. The summed E-state index contributed by atoms with van der Waals surface area (Å²) in [6.07, 6.45) is 1.89. The van der Waals surface area contributed by atoms with Gasteiger partial charge in [0.15, 0.2) is 0 Å². The second-order valence-corrected chi connectivity index (χ2v) is 4.25. The first-order chi connectivity index (χ1) is 8.26. The van der Waals surface area contributed by atoms with Crippen LogP contribution in [-0.4, -0.2) is 25.7 Å². The summed E-state index contributed by atoms with van der Waals surface area (Å²) in [5.41, 5.74) is 7.73. The Morgan fingerprint density at radius 2 is 2.18 bits per heavy atom. The number of hydrogen-bond donors (Lipinski definition) is 1. The summed E-state index contributed by atoms with van der Waals surface area (Å²) in [5.74, 6) is -0.148. The van der Waals surface area contributed by atoms with E-state index in [4.69, 9.17) is 10.5 Å². The van der Waals surface area contributed by atoms with Gasteiger partial charge in [-0.3, -0.25) is 0 Å². The number of ether oxygens (including phenoxy) is 1. The highest BCUT2D eigenvalue weighted by molar-refractivity contribution is 5.80. The van der Waals surface area contributed by atoms with Crippen LogP contribution >= 0.6 is 0 Å². The second-order valence-electron chi connectivity index (χ2n) is 4.25. The zero-order valence-corrected chi connectivity index (χ0v) is 10.1. The molecule has 0 bridgehead atoms. The third-order valence-electron chi connectivity index (χ3n) is 3.23. The van der Waals surface area contributed by atoms with Crippen molar-refractivity contribution in [3.8, 4) is 0 Å². The van der Waals surface area contributed by atoms with Crippen molar-refractivity contribution < 1.29 is 9.53 Å². The number of carbonyl (C=O) groups is 1. The van der Waals surface area contributed by atoms with Gasteiger partial charge in [0.05, 0.1) is 7.11 Å². The Labute approximate surface area is 101 Å². The minimum Gasteiger partial charge on any atom is -0.467 e. The van der Waals surface area contributed by atoms with Crippen molar-refractivity contribution >= 4 is 11.7 Å². The van der Waals surface area contributed by atoms with E-state index in [1.807, 2.05) is 24.3 Å². The fourth-order valence-corrected chi connectivity index (χ4v) is 2.28. The summed E-state index contributed by atoms with van der Waals surface area (Å²) >= 11 is 0. The number of esters is 1. The van der Waals surface area contributed by atoms with Crippen molar-refractivity contribution in [1.82, 2.24) is 0 Å². The van der Waals surface area contributed by atoms with Gasteiger partial charge < -0.3 is 15.4 Å². The number of methoxy groups -OCH3 is 1. The monoisotopic (exact) mass is 234 g/mol. The smallest absolute Gasteiger partial charge is 0.328 e. The molecule has 4 nitrogen and oxygen atoms in total. The minimum atomic E-state index is -0.148. The van der Waals surface area contributed by atoms with Gasteiger partial charge in [-0.15, -0.1) is 0 Å². The van der Waals surface area contributed by atoms with E-state index in [-0.39, 0.29) is 12.0 Å². The van der Waals surface area contributed by atoms with Gasteiger partial charge >= 0.3 is 5.97 Å². The van der Waals surface area contributed by atoms with Gasteiger partial charge in [-0.25, -0.2) is 4.79 Å². The van der Waals surface area contributed by atoms with E-state index in [9.17, 15) is 4.79 Å². The summed E-state index contributed by atoms with van der Waals surface area (Å²) in [6, 6.07) is 7.90. The van der Waals surface area contributed by atoms with Crippen molar-refractivity contribution in [1.29, 1.82) is 0 Å². The summed E-state index contributed by atoms with van der Waals surface area (Å²) in [5, 5.41) is 0. The first kappa shape index (κ1) is 11.9. The lowest BCUT2D eigenvalue weighted by Gasteiger charge is -2.24. The lowest BCUT2D eigenvalue weighted by atomic mass is 10.1. The van der Waals surface area contributed by atoms with Crippen LogP contribution in [-0.2, 0) is 16.1 Å². The topological polar surface area (TPSA) is 55.6 Å². The molecule has 0 saturated carbocycles. The van der Waals surface area contributed by atoms with Crippen molar-refractivity contribution in [2.45, 2.75) is 25.4 Å². The predicted molar refractivity (Wildman–Crippen MR) is 66.7 cm³/mol. The number of rotatable bonds is 3. The predicted octanol–water partition coefficient (Wildman–Crippen LogP) is 1.29. The number of benzene rings is 1. The molecule has 0 amide bonds. The molecule has 1 saturated heterocycles. The summed E-state index contributed by atoms with van der Waals surface area (Å²) < 4.78 is 4.83. The molecule has 1 aromatic carbocycles. The van der Waals surface area contributed by atoms with Crippen LogP contribution in [0.4, 0.5) is 5.69 Å². The molecule has 0 spiro atoms. The van der Waals surface area contributed by atoms with Crippen molar-refractivity contribution in [3.05, 3.63) is 29.8 Å². The van der Waals surface area contributed by atoms with Gasteiger partial charge in [0, 0.05) is 18.8 Å². The normalized spacial score (nSPS) is 19.4. The van der Waals surface area contributed by atoms with E-state index in [0.717, 1.165) is 30.6 Å². The van der Waals surface area contributed by atoms with Gasteiger partial charge in [-0.05, 0) is 30.5 Å². The van der Waals surface area contributed by atoms with E-state index < -0.39 is 0 Å². The Kier molecular flexibility index (Phi) is 3.64. The highest BCUT2D eigenvalue weighted by Crippen LogP contribution is 2.26. The van der Waals surface area contributed by atoms with E-state index in [1.54, 1.807) is 0 Å². The van der Waals surface area contributed by atoms with Gasteiger partial charge in [0.2, 0.25) is 0 Å². The molecule has 2 N–H and O–H groups in total. The summed E-state index contributed by atoms with van der Waals surface area (Å²) in [6.45, 7) is 1.45. The van der Waals surface area contributed by atoms with Gasteiger partial charge in [-0.1, -0.05) is 12.1 Å². The maximum Gasteiger partial charge on any atom is 0.328 e. The Hall–Kier alpha value is -1.55. The van der Waals surface area contributed by atoms with Crippen LogP contribution in [0.5, 0.6) is 0 Å². The molecule has 1 aliphatic heterocycles. The Balaban J connectivity index is 2.17. The number of anilines is 1. The molecule has 0 aliphatic carbocycles. The van der Waals surface area contributed by atoms with Gasteiger partial charge in [0.25, 0.3) is 0 Å². The maximum atomic E-state index is 11.6. The molecular weight excluding hydrogens is 216 g/mol. The Morgan fingerprint density at radius 3 is 2.76 bits per heavy atom. The first-order valence-corrected chi connectivity index (χ1v) is 5.89. The van der Waals surface area contributed by atoms with Crippen molar-refractivity contribution in [2.24, 2.45) is 5.73 Å². The standard InChI is InChI=1S/C13H18N2O2/c1-17-13(16)12-3-2-8-15(12)11-6-4-10(9-14)5-7-11/h4-7,12H,2-3,8-9,14H2,1H3/t12-/m0/s1. The van der Waals surface area contributed by atoms with Crippen LogP contribution in [0.15, 0.2) is 24.3 Å². The largest absolute Gasteiger partial charge is 0.467 e. The fraction of sp³-hybridized carbons (Fsp3) is 0.462. The van der Waals surface area contributed by atoms with Crippen LogP contribution in [0.25, 0.3) is 0 Å². The zero-order valence-electron chi connectivity index (χ0n) is 10.1. The number of hydrogen-bond acceptors (Lipinski definition) is 4. The molecule has 1 atom stereocenters. The molecule has 92 valence electrons. The second kappa shape index (κ2) is 5.19. The highest BCUT2D eigenvalue weighted by Gasteiger charge is 2.31. The lowest BCUT2D eigenvalue weighted by Crippen LogP contribution is -2.36. The molecule has 17 heavy (non-hydrogen) atoms. The van der Waals surface area contributed by atoms with Crippen LogP contribution in [0.1, 0.15) is 18.4 Å². The van der Waals surface area contributed by atoms with Gasteiger partial charge in [0.1, 0.15) is 6.04 Å². The molecule has 1 aromatic rings. The third-order valence-corrected chi connectivity index (χ3v) is 3.23. The van der Waals surface area contributed by atoms with Crippen molar-refractivity contribution in [2.75, 3.05) is 18.6 Å². The van der Waals surface area contributed by atoms with E-state index >= 15 is 0 Å². The zero-order chi connectivity index (χ0) is 12.3. The average Bonchev–Trinajstić information content (AvgIpc) is 2.87. The first-order valence-electron chi connectivity index (χ1n) is 5.89. The molecule has 1 heterocycles. The fourth-order valence-electron chi connectivity index (χ4n) is 2.28. The molecular formula is C13H18N2O2. The number of nitrogens with two attached hydrogens (primary N) is 1. The Bertz CT molecular complexity index is 389. The van der Waals surface area contributed by atoms with E-state index in [2.05, 4.69) is 4.90 Å². The molecule has 0 unspecified atom stereocenters.